The predicted octanol–water partition coefficient (Wildman–Crippen LogP) is 1.19. The number of hydrogen-bond donors (Lipinski definition) is 1. The monoisotopic (exact) mass is 185 g/mol. The number of esters is 1. The molecule has 0 heterocycles. The van der Waals surface area contributed by atoms with Crippen molar-refractivity contribution in [3.8, 4) is 0 Å². The van der Waals surface area contributed by atoms with Crippen molar-refractivity contribution in [3.63, 3.8) is 0 Å². The molecular formula is C10H19NO2. The minimum atomic E-state index is -0.175. The second-order valence-corrected chi connectivity index (χ2v) is 3.88. The highest BCUT2D eigenvalue weighted by molar-refractivity contribution is 5.71. The minimum Gasteiger partial charge on any atom is -0.468 e. The van der Waals surface area contributed by atoms with E-state index in [1.807, 2.05) is 0 Å². The van der Waals surface area contributed by atoms with E-state index in [1.54, 1.807) is 0 Å². The van der Waals surface area contributed by atoms with Crippen LogP contribution in [0.25, 0.3) is 0 Å². The van der Waals surface area contributed by atoms with Crippen LogP contribution in [0.4, 0.5) is 0 Å². The van der Waals surface area contributed by atoms with Crippen molar-refractivity contribution in [2.45, 2.75) is 26.2 Å². The van der Waals surface area contributed by atoms with Gasteiger partial charge in [-0.25, -0.2) is 0 Å². The van der Waals surface area contributed by atoms with Gasteiger partial charge in [0.15, 0.2) is 0 Å². The molecule has 13 heavy (non-hydrogen) atoms. The first kappa shape index (κ1) is 10.5. The molecule has 0 aromatic rings. The second kappa shape index (κ2) is 5.22. The SMILES string of the molecule is COC(=O)CNCC1CCCC1C. The molecule has 1 aliphatic rings. The lowest BCUT2D eigenvalue weighted by Crippen LogP contribution is -2.29. The Kier molecular flexibility index (Phi) is 4.22. The van der Waals surface area contributed by atoms with Crippen molar-refractivity contribution >= 4 is 5.97 Å². The molecule has 0 aromatic heterocycles. The summed E-state index contributed by atoms with van der Waals surface area (Å²) in [5.41, 5.74) is 0. The minimum absolute atomic E-state index is 0.175. The van der Waals surface area contributed by atoms with E-state index in [-0.39, 0.29) is 5.97 Å². The van der Waals surface area contributed by atoms with Crippen LogP contribution in [0.15, 0.2) is 0 Å². The summed E-state index contributed by atoms with van der Waals surface area (Å²) in [5, 5.41) is 3.13. The summed E-state index contributed by atoms with van der Waals surface area (Å²) in [6.45, 7) is 3.59. The van der Waals surface area contributed by atoms with E-state index >= 15 is 0 Å². The third-order valence-corrected chi connectivity index (χ3v) is 2.94. The largest absolute Gasteiger partial charge is 0.468 e. The predicted molar refractivity (Wildman–Crippen MR) is 51.4 cm³/mol. The van der Waals surface area contributed by atoms with Crippen molar-refractivity contribution in [3.05, 3.63) is 0 Å². The van der Waals surface area contributed by atoms with Crippen LogP contribution in [0.3, 0.4) is 0 Å². The van der Waals surface area contributed by atoms with Crippen molar-refractivity contribution < 1.29 is 9.53 Å². The molecule has 1 N–H and O–H groups in total. The van der Waals surface area contributed by atoms with Crippen LogP contribution >= 0.6 is 0 Å². The fourth-order valence-corrected chi connectivity index (χ4v) is 1.96. The van der Waals surface area contributed by atoms with Gasteiger partial charge in [-0.3, -0.25) is 4.79 Å². The fourth-order valence-electron chi connectivity index (χ4n) is 1.96. The molecule has 0 aliphatic heterocycles. The second-order valence-electron chi connectivity index (χ2n) is 3.88. The Hall–Kier alpha value is -0.570. The Morgan fingerprint density at radius 3 is 2.85 bits per heavy atom. The summed E-state index contributed by atoms with van der Waals surface area (Å²) < 4.78 is 4.54. The number of methoxy groups -OCH3 is 1. The molecule has 1 aliphatic carbocycles. The van der Waals surface area contributed by atoms with Gasteiger partial charge < -0.3 is 10.1 Å². The van der Waals surface area contributed by atoms with Crippen molar-refractivity contribution in [2.75, 3.05) is 20.2 Å². The summed E-state index contributed by atoms with van der Waals surface area (Å²) in [5.74, 6) is 1.39. The normalized spacial score (nSPS) is 27.5. The van der Waals surface area contributed by atoms with Crippen LogP contribution in [0.1, 0.15) is 26.2 Å². The van der Waals surface area contributed by atoms with Gasteiger partial charge in [0.2, 0.25) is 0 Å². The van der Waals surface area contributed by atoms with Crippen LogP contribution in [-0.2, 0) is 9.53 Å². The maximum Gasteiger partial charge on any atom is 0.319 e. The first-order valence-corrected chi connectivity index (χ1v) is 5.01. The Bertz CT molecular complexity index is 170. The Morgan fingerprint density at radius 2 is 2.31 bits per heavy atom. The number of hydrogen-bond acceptors (Lipinski definition) is 3. The first-order valence-electron chi connectivity index (χ1n) is 5.01. The highest BCUT2D eigenvalue weighted by Gasteiger charge is 2.22. The Morgan fingerprint density at radius 1 is 1.54 bits per heavy atom. The molecular weight excluding hydrogens is 166 g/mol. The van der Waals surface area contributed by atoms with Crippen LogP contribution in [0.2, 0.25) is 0 Å². The quantitative estimate of drug-likeness (QED) is 0.668. The molecule has 3 heteroatoms. The van der Waals surface area contributed by atoms with Gasteiger partial charge in [-0.1, -0.05) is 19.8 Å². The number of carbonyl (C=O) groups excluding carboxylic acids is 1. The van der Waals surface area contributed by atoms with Crippen LogP contribution in [0.5, 0.6) is 0 Å². The molecule has 1 saturated carbocycles. The number of nitrogens with one attached hydrogen (secondary N) is 1. The number of ether oxygens (including phenoxy) is 1. The Balaban J connectivity index is 2.08. The average molecular weight is 185 g/mol. The molecule has 0 radical (unpaired) electrons. The molecule has 2 atom stereocenters. The maximum atomic E-state index is 10.8. The maximum absolute atomic E-state index is 10.8. The third kappa shape index (κ3) is 3.35. The van der Waals surface area contributed by atoms with Crippen LogP contribution < -0.4 is 5.32 Å². The summed E-state index contributed by atoms with van der Waals surface area (Å²) in [6.07, 6.45) is 3.98. The summed E-state index contributed by atoms with van der Waals surface area (Å²) >= 11 is 0. The molecule has 0 amide bonds. The first-order chi connectivity index (χ1) is 6.24. The molecule has 0 saturated heterocycles. The van der Waals surface area contributed by atoms with E-state index in [0.717, 1.165) is 18.4 Å². The van der Waals surface area contributed by atoms with Crippen molar-refractivity contribution in [1.82, 2.24) is 5.32 Å². The lowest BCUT2D eigenvalue weighted by Gasteiger charge is -2.15. The molecule has 0 bridgehead atoms. The molecule has 0 aromatic carbocycles. The highest BCUT2D eigenvalue weighted by Crippen LogP contribution is 2.30. The van der Waals surface area contributed by atoms with Crippen molar-refractivity contribution in [2.24, 2.45) is 11.8 Å². The highest BCUT2D eigenvalue weighted by atomic mass is 16.5. The number of rotatable bonds is 4. The van der Waals surface area contributed by atoms with Gasteiger partial charge in [-0.2, -0.15) is 0 Å². The molecule has 0 spiro atoms. The van der Waals surface area contributed by atoms with Gasteiger partial charge in [0, 0.05) is 0 Å². The molecule has 3 nitrogen and oxygen atoms in total. The van der Waals surface area contributed by atoms with Crippen LogP contribution in [-0.4, -0.2) is 26.2 Å². The lowest BCUT2D eigenvalue weighted by atomic mass is 9.98. The summed E-state index contributed by atoms with van der Waals surface area (Å²) in [6, 6.07) is 0. The topological polar surface area (TPSA) is 38.3 Å². The van der Waals surface area contributed by atoms with E-state index in [9.17, 15) is 4.79 Å². The zero-order valence-electron chi connectivity index (χ0n) is 8.51. The average Bonchev–Trinajstić information content (AvgIpc) is 2.52. The smallest absolute Gasteiger partial charge is 0.319 e. The Labute approximate surface area is 79.8 Å². The van der Waals surface area contributed by atoms with Gasteiger partial charge in [0.1, 0.15) is 0 Å². The number of carbonyl (C=O) groups is 1. The van der Waals surface area contributed by atoms with E-state index < -0.39 is 0 Å². The molecule has 1 fully saturated rings. The third-order valence-electron chi connectivity index (χ3n) is 2.94. The standard InChI is InChI=1S/C10H19NO2/c1-8-4-3-5-9(8)6-11-7-10(12)13-2/h8-9,11H,3-7H2,1-2H3. The lowest BCUT2D eigenvalue weighted by molar-refractivity contribution is -0.139. The summed E-state index contributed by atoms with van der Waals surface area (Å²) in [4.78, 5) is 10.8. The fraction of sp³-hybridized carbons (Fsp3) is 0.900. The zero-order valence-corrected chi connectivity index (χ0v) is 8.51. The van der Waals surface area contributed by atoms with Gasteiger partial charge >= 0.3 is 5.97 Å². The van der Waals surface area contributed by atoms with Gasteiger partial charge in [-0.15, -0.1) is 0 Å². The molecule has 76 valence electrons. The van der Waals surface area contributed by atoms with E-state index in [2.05, 4.69) is 17.0 Å². The van der Waals surface area contributed by atoms with E-state index in [0.29, 0.717) is 6.54 Å². The molecule has 2 unspecified atom stereocenters. The van der Waals surface area contributed by atoms with Crippen LogP contribution in [0, 0.1) is 11.8 Å². The van der Waals surface area contributed by atoms with E-state index in [1.165, 1.54) is 26.4 Å². The van der Waals surface area contributed by atoms with Crippen molar-refractivity contribution in [1.29, 1.82) is 0 Å². The van der Waals surface area contributed by atoms with Gasteiger partial charge in [0.25, 0.3) is 0 Å². The summed E-state index contributed by atoms with van der Waals surface area (Å²) in [7, 11) is 1.42. The van der Waals surface area contributed by atoms with Gasteiger partial charge in [-0.05, 0) is 24.8 Å². The van der Waals surface area contributed by atoms with Gasteiger partial charge in [0.05, 0.1) is 13.7 Å². The zero-order chi connectivity index (χ0) is 9.68. The van der Waals surface area contributed by atoms with E-state index in [4.69, 9.17) is 0 Å². The molecule has 1 rings (SSSR count).